The molecule has 1 aliphatic rings. The van der Waals surface area contributed by atoms with Gasteiger partial charge in [-0.2, -0.15) is 5.26 Å². The molecule has 0 aliphatic heterocycles. The van der Waals surface area contributed by atoms with E-state index in [-0.39, 0.29) is 6.04 Å². The van der Waals surface area contributed by atoms with E-state index in [0.717, 1.165) is 0 Å². The van der Waals surface area contributed by atoms with Gasteiger partial charge in [0.25, 0.3) is 0 Å². The van der Waals surface area contributed by atoms with Gasteiger partial charge in [0.05, 0.1) is 11.6 Å². The molecule has 0 saturated heterocycles. The maximum atomic E-state index is 8.73. The molecule has 1 saturated carbocycles. The zero-order valence-corrected chi connectivity index (χ0v) is 9.52. The highest BCUT2D eigenvalue weighted by atomic mass is 14.7. The van der Waals surface area contributed by atoms with Gasteiger partial charge in [0.2, 0.25) is 0 Å². The maximum Gasteiger partial charge on any atom is 0.0991 e. The zero-order chi connectivity index (χ0) is 11.4. The van der Waals surface area contributed by atoms with Crippen LogP contribution in [0.5, 0.6) is 0 Å². The molecule has 0 heterocycles. The third kappa shape index (κ3) is 2.43. The van der Waals surface area contributed by atoms with E-state index in [1.165, 1.54) is 37.7 Å². The first-order valence-corrected chi connectivity index (χ1v) is 6.07. The molecule has 1 aromatic carbocycles. The van der Waals surface area contributed by atoms with Crippen LogP contribution in [0.15, 0.2) is 24.3 Å². The van der Waals surface area contributed by atoms with Gasteiger partial charge in [-0.1, -0.05) is 31.4 Å². The molecule has 2 heteroatoms. The van der Waals surface area contributed by atoms with Crippen molar-refractivity contribution in [2.45, 2.75) is 38.1 Å². The summed E-state index contributed by atoms with van der Waals surface area (Å²) < 4.78 is 0. The number of rotatable bonds is 2. The van der Waals surface area contributed by atoms with E-state index in [0.29, 0.717) is 11.5 Å². The smallest absolute Gasteiger partial charge is 0.0991 e. The number of nitrogens with zero attached hydrogens (tertiary/aromatic N) is 1. The lowest BCUT2D eigenvalue weighted by Crippen LogP contribution is -2.23. The lowest BCUT2D eigenvalue weighted by atomic mass is 9.81. The van der Waals surface area contributed by atoms with Gasteiger partial charge >= 0.3 is 0 Å². The Bertz CT molecular complexity index is 369. The van der Waals surface area contributed by atoms with Crippen molar-refractivity contribution in [3.63, 3.8) is 0 Å². The molecule has 1 unspecified atom stereocenters. The van der Waals surface area contributed by atoms with Gasteiger partial charge in [0.1, 0.15) is 0 Å². The minimum Gasteiger partial charge on any atom is -0.324 e. The van der Waals surface area contributed by atoms with Crippen molar-refractivity contribution < 1.29 is 0 Å². The van der Waals surface area contributed by atoms with Crippen LogP contribution < -0.4 is 5.73 Å². The fraction of sp³-hybridized carbons (Fsp3) is 0.500. The molecule has 16 heavy (non-hydrogen) atoms. The average Bonchev–Trinajstić information content (AvgIpc) is 2.39. The fourth-order valence-corrected chi connectivity index (χ4v) is 2.55. The van der Waals surface area contributed by atoms with Crippen molar-refractivity contribution in [1.82, 2.24) is 0 Å². The van der Waals surface area contributed by atoms with Crippen molar-refractivity contribution in [1.29, 1.82) is 5.26 Å². The fourth-order valence-electron chi connectivity index (χ4n) is 2.55. The molecule has 0 radical (unpaired) electrons. The molecule has 1 aromatic rings. The quantitative estimate of drug-likeness (QED) is 0.822. The van der Waals surface area contributed by atoms with Gasteiger partial charge in [-0.25, -0.2) is 0 Å². The van der Waals surface area contributed by atoms with Gasteiger partial charge in [0.15, 0.2) is 0 Å². The number of benzene rings is 1. The monoisotopic (exact) mass is 214 g/mol. The molecule has 0 bridgehead atoms. The van der Waals surface area contributed by atoms with Crippen molar-refractivity contribution >= 4 is 0 Å². The van der Waals surface area contributed by atoms with Crippen LogP contribution >= 0.6 is 0 Å². The topological polar surface area (TPSA) is 49.8 Å². The Morgan fingerprint density at radius 2 is 1.75 bits per heavy atom. The van der Waals surface area contributed by atoms with E-state index in [9.17, 15) is 0 Å². The second-order valence-corrected chi connectivity index (χ2v) is 4.66. The van der Waals surface area contributed by atoms with E-state index in [1.807, 2.05) is 24.3 Å². The Morgan fingerprint density at radius 3 is 2.31 bits per heavy atom. The molecule has 1 fully saturated rings. The molecule has 2 nitrogen and oxygen atoms in total. The van der Waals surface area contributed by atoms with Gasteiger partial charge in [-0.05, 0) is 36.5 Å². The van der Waals surface area contributed by atoms with Crippen LogP contribution in [0.2, 0.25) is 0 Å². The summed E-state index contributed by atoms with van der Waals surface area (Å²) in [6, 6.07) is 9.99. The first-order chi connectivity index (χ1) is 7.81. The van der Waals surface area contributed by atoms with Crippen LogP contribution in [0, 0.1) is 17.2 Å². The summed E-state index contributed by atoms with van der Waals surface area (Å²) in [6.07, 6.45) is 6.49. The minimum atomic E-state index is 0.146. The predicted molar refractivity (Wildman–Crippen MR) is 64.7 cm³/mol. The van der Waals surface area contributed by atoms with Gasteiger partial charge < -0.3 is 5.73 Å². The van der Waals surface area contributed by atoms with Crippen molar-refractivity contribution in [3.8, 4) is 6.07 Å². The third-order valence-corrected chi connectivity index (χ3v) is 3.58. The van der Waals surface area contributed by atoms with Crippen molar-refractivity contribution in [2.24, 2.45) is 11.7 Å². The van der Waals surface area contributed by atoms with Gasteiger partial charge in [0, 0.05) is 6.04 Å². The second-order valence-electron chi connectivity index (χ2n) is 4.66. The Kier molecular flexibility index (Phi) is 3.58. The summed E-state index contributed by atoms with van der Waals surface area (Å²) in [5.74, 6) is 0.627. The molecule has 0 aromatic heterocycles. The molecule has 0 amide bonds. The SMILES string of the molecule is N#Cc1ccc(C(N)C2CCCCC2)cc1. The number of nitriles is 1. The Morgan fingerprint density at radius 1 is 1.12 bits per heavy atom. The highest BCUT2D eigenvalue weighted by molar-refractivity contribution is 5.33. The zero-order valence-electron chi connectivity index (χ0n) is 9.52. The second kappa shape index (κ2) is 5.14. The molecular weight excluding hydrogens is 196 g/mol. The predicted octanol–water partition coefficient (Wildman–Crippen LogP) is 3.14. The van der Waals surface area contributed by atoms with Crippen LogP contribution in [-0.4, -0.2) is 0 Å². The number of nitrogens with two attached hydrogens (primary N) is 1. The van der Waals surface area contributed by atoms with Crippen LogP contribution in [0.25, 0.3) is 0 Å². The maximum absolute atomic E-state index is 8.73. The van der Waals surface area contributed by atoms with E-state index in [2.05, 4.69) is 6.07 Å². The largest absolute Gasteiger partial charge is 0.324 e. The summed E-state index contributed by atoms with van der Waals surface area (Å²) in [5.41, 5.74) is 8.16. The summed E-state index contributed by atoms with van der Waals surface area (Å²) in [7, 11) is 0. The minimum absolute atomic E-state index is 0.146. The Balaban J connectivity index is 2.07. The molecule has 84 valence electrons. The molecular formula is C14H18N2. The van der Waals surface area contributed by atoms with Gasteiger partial charge in [-0.3, -0.25) is 0 Å². The molecule has 1 aliphatic carbocycles. The third-order valence-electron chi connectivity index (χ3n) is 3.58. The summed E-state index contributed by atoms with van der Waals surface area (Å²) >= 11 is 0. The standard InChI is InChI=1S/C14H18N2/c15-10-11-6-8-13(9-7-11)14(16)12-4-2-1-3-5-12/h6-9,12,14H,1-5,16H2. The Hall–Kier alpha value is -1.33. The molecule has 0 spiro atoms. The van der Waals surface area contributed by atoms with Crippen molar-refractivity contribution in [3.05, 3.63) is 35.4 Å². The normalized spacial score (nSPS) is 19.0. The van der Waals surface area contributed by atoms with Crippen LogP contribution in [0.1, 0.15) is 49.3 Å². The van der Waals surface area contributed by atoms with E-state index < -0.39 is 0 Å². The highest BCUT2D eigenvalue weighted by Crippen LogP contribution is 2.32. The Labute approximate surface area is 97.1 Å². The molecule has 2 N–H and O–H groups in total. The van der Waals surface area contributed by atoms with Crippen LogP contribution in [0.4, 0.5) is 0 Å². The summed E-state index contributed by atoms with van der Waals surface area (Å²) in [5, 5.41) is 8.73. The summed E-state index contributed by atoms with van der Waals surface area (Å²) in [6.45, 7) is 0. The number of hydrogen-bond donors (Lipinski definition) is 1. The number of hydrogen-bond acceptors (Lipinski definition) is 2. The van der Waals surface area contributed by atoms with Gasteiger partial charge in [-0.15, -0.1) is 0 Å². The van der Waals surface area contributed by atoms with E-state index in [1.54, 1.807) is 0 Å². The first-order valence-electron chi connectivity index (χ1n) is 6.07. The van der Waals surface area contributed by atoms with E-state index >= 15 is 0 Å². The molecule has 2 rings (SSSR count). The first kappa shape index (κ1) is 11.2. The summed E-state index contributed by atoms with van der Waals surface area (Å²) in [4.78, 5) is 0. The average molecular weight is 214 g/mol. The lowest BCUT2D eigenvalue weighted by molar-refractivity contribution is 0.308. The van der Waals surface area contributed by atoms with Crippen LogP contribution in [0.3, 0.4) is 0 Å². The van der Waals surface area contributed by atoms with E-state index in [4.69, 9.17) is 11.0 Å². The molecule has 1 atom stereocenters. The highest BCUT2D eigenvalue weighted by Gasteiger charge is 2.21. The van der Waals surface area contributed by atoms with Crippen molar-refractivity contribution in [2.75, 3.05) is 0 Å². The lowest BCUT2D eigenvalue weighted by Gasteiger charge is -2.27. The van der Waals surface area contributed by atoms with Crippen LogP contribution in [-0.2, 0) is 0 Å².